The van der Waals surface area contributed by atoms with Gasteiger partial charge in [-0.1, -0.05) is 5.16 Å². The first-order valence-corrected chi connectivity index (χ1v) is 9.52. The Balaban J connectivity index is 1.48. The molecule has 4 rings (SSSR count). The van der Waals surface area contributed by atoms with Crippen LogP contribution in [0.2, 0.25) is 0 Å². The van der Waals surface area contributed by atoms with Gasteiger partial charge in [0.25, 0.3) is 0 Å². The van der Waals surface area contributed by atoms with E-state index in [2.05, 4.69) is 10.1 Å². The Morgan fingerprint density at radius 2 is 1.84 bits per heavy atom. The van der Waals surface area contributed by atoms with Crippen LogP contribution in [0.25, 0.3) is 0 Å². The second-order valence-corrected chi connectivity index (χ2v) is 8.24. The number of hydrogen-bond donors (Lipinski definition) is 0. The summed E-state index contributed by atoms with van der Waals surface area (Å²) in [6, 6.07) is 4.57. The highest BCUT2D eigenvalue weighted by Crippen LogP contribution is 2.40. The first kappa shape index (κ1) is 16.3. The Labute approximate surface area is 145 Å². The molecule has 2 aliphatic rings. The Hall–Kier alpha value is -2.13. The van der Waals surface area contributed by atoms with Crippen molar-refractivity contribution in [2.45, 2.75) is 29.6 Å². The van der Waals surface area contributed by atoms with Gasteiger partial charge in [-0.05, 0) is 25.0 Å². The molecule has 8 nitrogen and oxygen atoms in total. The first-order valence-electron chi connectivity index (χ1n) is 8.08. The zero-order valence-electron chi connectivity index (χ0n) is 14.0. The minimum absolute atomic E-state index is 0.0464. The molecule has 25 heavy (non-hydrogen) atoms. The summed E-state index contributed by atoms with van der Waals surface area (Å²) in [6.07, 6.45) is 2.20. The van der Waals surface area contributed by atoms with Crippen molar-refractivity contribution in [2.75, 3.05) is 27.3 Å². The Kier molecular flexibility index (Phi) is 3.92. The van der Waals surface area contributed by atoms with Crippen LogP contribution in [-0.4, -0.2) is 50.2 Å². The van der Waals surface area contributed by atoms with Crippen LogP contribution in [-0.2, 0) is 10.0 Å². The average Bonchev–Trinajstić information content (AvgIpc) is 3.31. The number of benzene rings is 1. The summed E-state index contributed by atoms with van der Waals surface area (Å²) in [4.78, 5) is 4.57. The van der Waals surface area contributed by atoms with E-state index >= 15 is 0 Å². The highest BCUT2D eigenvalue weighted by molar-refractivity contribution is 7.89. The van der Waals surface area contributed by atoms with Gasteiger partial charge in [-0.15, -0.1) is 0 Å². The van der Waals surface area contributed by atoms with E-state index in [-0.39, 0.29) is 10.8 Å². The van der Waals surface area contributed by atoms with Crippen LogP contribution in [0.15, 0.2) is 27.6 Å². The van der Waals surface area contributed by atoms with Crippen LogP contribution in [0.3, 0.4) is 0 Å². The Bertz CT molecular complexity index is 885. The summed E-state index contributed by atoms with van der Waals surface area (Å²) in [5, 5.41) is 3.98. The van der Waals surface area contributed by atoms with E-state index in [0.29, 0.717) is 36.4 Å². The summed E-state index contributed by atoms with van der Waals surface area (Å²) in [6.45, 7) is 0.673. The fraction of sp³-hybridized carbons (Fsp3) is 0.500. The number of methoxy groups -OCH3 is 2. The zero-order valence-corrected chi connectivity index (χ0v) is 14.8. The molecular formula is C16H19N3O5S. The van der Waals surface area contributed by atoms with Gasteiger partial charge in [0.05, 0.1) is 25.0 Å². The van der Waals surface area contributed by atoms with Crippen LogP contribution >= 0.6 is 0 Å². The lowest BCUT2D eigenvalue weighted by molar-refractivity contribution is 0.216. The van der Waals surface area contributed by atoms with Gasteiger partial charge in [0.15, 0.2) is 17.3 Å². The quantitative estimate of drug-likeness (QED) is 0.769. The normalized spacial score (nSPS) is 18.8. The number of nitrogens with zero attached hydrogens (tertiary/aromatic N) is 3. The molecule has 2 fully saturated rings. The molecule has 134 valence electrons. The highest BCUT2D eigenvalue weighted by atomic mass is 32.2. The van der Waals surface area contributed by atoms with E-state index < -0.39 is 10.0 Å². The molecule has 9 heteroatoms. The fourth-order valence-corrected chi connectivity index (χ4v) is 4.38. The summed E-state index contributed by atoms with van der Waals surface area (Å²) in [5.41, 5.74) is 0. The average molecular weight is 365 g/mol. The van der Waals surface area contributed by atoms with Crippen molar-refractivity contribution in [3.63, 3.8) is 0 Å². The summed E-state index contributed by atoms with van der Waals surface area (Å²) >= 11 is 0. The van der Waals surface area contributed by atoms with E-state index in [0.717, 1.165) is 18.7 Å². The standard InChI is InChI=1S/C16H19N3O5S/c1-22-13-6-5-12(7-14(13)23-2)25(20,21)19-8-11(9-19)16-17-15(18-24-16)10-3-4-10/h5-7,10-11H,3-4,8-9H2,1-2H3. The molecule has 0 unspecified atom stereocenters. The molecule has 0 radical (unpaired) electrons. The molecule has 1 saturated heterocycles. The van der Waals surface area contributed by atoms with Crippen molar-refractivity contribution >= 4 is 10.0 Å². The number of sulfonamides is 1. The number of aromatic nitrogens is 2. The Morgan fingerprint density at radius 3 is 2.48 bits per heavy atom. The first-order chi connectivity index (χ1) is 12.0. The third-order valence-corrected chi connectivity index (χ3v) is 6.42. The van der Waals surface area contributed by atoms with Gasteiger partial charge in [0.1, 0.15) is 0 Å². The van der Waals surface area contributed by atoms with E-state index in [1.54, 1.807) is 6.07 Å². The highest BCUT2D eigenvalue weighted by Gasteiger charge is 2.41. The lowest BCUT2D eigenvalue weighted by Gasteiger charge is -2.35. The summed E-state index contributed by atoms with van der Waals surface area (Å²) in [5.74, 6) is 2.52. The maximum atomic E-state index is 12.7. The molecule has 0 bridgehead atoms. The van der Waals surface area contributed by atoms with Crippen molar-refractivity contribution in [1.29, 1.82) is 0 Å². The number of hydrogen-bond acceptors (Lipinski definition) is 7. The molecule has 0 N–H and O–H groups in total. The minimum atomic E-state index is -3.59. The molecule has 0 atom stereocenters. The van der Waals surface area contributed by atoms with Crippen molar-refractivity contribution in [1.82, 2.24) is 14.4 Å². The lowest BCUT2D eigenvalue weighted by atomic mass is 10.0. The van der Waals surface area contributed by atoms with E-state index in [4.69, 9.17) is 14.0 Å². The van der Waals surface area contributed by atoms with Gasteiger partial charge in [-0.3, -0.25) is 0 Å². The molecular weight excluding hydrogens is 346 g/mol. The topological polar surface area (TPSA) is 94.8 Å². The number of rotatable bonds is 6. The van der Waals surface area contributed by atoms with Gasteiger partial charge in [0.2, 0.25) is 15.9 Å². The van der Waals surface area contributed by atoms with E-state index in [1.807, 2.05) is 0 Å². The predicted octanol–water partition coefficient (Wildman–Crippen LogP) is 1.75. The molecule has 0 amide bonds. The van der Waals surface area contributed by atoms with Crippen LogP contribution in [0, 0.1) is 0 Å². The lowest BCUT2D eigenvalue weighted by Crippen LogP contribution is -2.48. The van der Waals surface area contributed by atoms with E-state index in [1.165, 1.54) is 30.7 Å². The predicted molar refractivity (Wildman–Crippen MR) is 87.3 cm³/mol. The third kappa shape index (κ3) is 2.87. The molecule has 1 aliphatic heterocycles. The van der Waals surface area contributed by atoms with Gasteiger partial charge >= 0.3 is 0 Å². The molecule has 1 saturated carbocycles. The summed E-state index contributed by atoms with van der Waals surface area (Å²) < 4.78 is 42.5. The largest absolute Gasteiger partial charge is 0.493 e. The zero-order chi connectivity index (χ0) is 17.6. The van der Waals surface area contributed by atoms with Crippen LogP contribution in [0.1, 0.15) is 36.4 Å². The molecule has 0 spiro atoms. The second-order valence-electron chi connectivity index (χ2n) is 6.30. The molecule has 1 aliphatic carbocycles. The van der Waals surface area contributed by atoms with Gasteiger partial charge in [0, 0.05) is 25.1 Å². The van der Waals surface area contributed by atoms with Crippen molar-refractivity contribution in [3.8, 4) is 11.5 Å². The SMILES string of the molecule is COc1ccc(S(=O)(=O)N2CC(c3nc(C4CC4)no3)C2)cc1OC. The maximum absolute atomic E-state index is 12.7. The molecule has 1 aromatic heterocycles. The molecule has 1 aromatic carbocycles. The fourth-order valence-electron chi connectivity index (χ4n) is 2.84. The monoisotopic (exact) mass is 365 g/mol. The van der Waals surface area contributed by atoms with Gasteiger partial charge < -0.3 is 14.0 Å². The Morgan fingerprint density at radius 1 is 1.12 bits per heavy atom. The van der Waals surface area contributed by atoms with E-state index in [9.17, 15) is 8.42 Å². The van der Waals surface area contributed by atoms with Crippen molar-refractivity contribution in [2.24, 2.45) is 0 Å². The van der Waals surface area contributed by atoms with Crippen LogP contribution < -0.4 is 9.47 Å². The molecule has 2 heterocycles. The van der Waals surface area contributed by atoms with Crippen molar-refractivity contribution < 1.29 is 22.4 Å². The third-order valence-electron chi connectivity index (χ3n) is 4.59. The van der Waals surface area contributed by atoms with Crippen LogP contribution in [0.5, 0.6) is 11.5 Å². The minimum Gasteiger partial charge on any atom is -0.493 e. The molecule has 2 aromatic rings. The van der Waals surface area contributed by atoms with Gasteiger partial charge in [-0.2, -0.15) is 9.29 Å². The van der Waals surface area contributed by atoms with Gasteiger partial charge in [-0.25, -0.2) is 8.42 Å². The summed E-state index contributed by atoms with van der Waals surface area (Å²) in [7, 11) is -0.611. The maximum Gasteiger partial charge on any atom is 0.243 e. The van der Waals surface area contributed by atoms with Crippen LogP contribution in [0.4, 0.5) is 0 Å². The smallest absolute Gasteiger partial charge is 0.243 e. The van der Waals surface area contributed by atoms with Crippen molar-refractivity contribution in [3.05, 3.63) is 29.9 Å². The second kappa shape index (κ2) is 5.99. The number of ether oxygens (including phenoxy) is 2.